The van der Waals surface area contributed by atoms with Crippen LogP contribution in [-0.4, -0.2) is 36.2 Å². The molecule has 0 aliphatic carbocycles. The zero-order chi connectivity index (χ0) is 11.5. The average molecular weight is 221 g/mol. The molecule has 0 amide bonds. The molecular weight excluding hydrogens is 202 g/mol. The van der Waals surface area contributed by atoms with Crippen molar-refractivity contribution in [3.05, 3.63) is 23.8 Å². The first kappa shape index (κ1) is 11.3. The quantitative estimate of drug-likeness (QED) is 0.830. The molecule has 0 unspecified atom stereocenters. The van der Waals surface area contributed by atoms with Crippen LogP contribution < -0.4 is 4.74 Å². The highest BCUT2D eigenvalue weighted by Crippen LogP contribution is 2.25. The van der Waals surface area contributed by atoms with Gasteiger partial charge in [-0.15, -0.1) is 0 Å². The summed E-state index contributed by atoms with van der Waals surface area (Å²) in [5.74, 6) is 1.09. The fourth-order valence-corrected chi connectivity index (χ4v) is 1.96. The molecule has 1 heterocycles. The Kier molecular flexibility index (Phi) is 3.34. The van der Waals surface area contributed by atoms with Crippen molar-refractivity contribution in [3.8, 4) is 11.5 Å². The molecule has 3 nitrogen and oxygen atoms in total. The van der Waals surface area contributed by atoms with Crippen molar-refractivity contribution in [2.24, 2.45) is 0 Å². The highest BCUT2D eigenvalue weighted by Gasteiger charge is 2.18. The number of hydrogen-bond donors (Lipinski definition) is 1. The van der Waals surface area contributed by atoms with Crippen LogP contribution >= 0.6 is 0 Å². The van der Waals surface area contributed by atoms with E-state index in [1.807, 2.05) is 19.1 Å². The standard InChI is InChI=1S/C13H19NO2/c1-10-3-4-12(9-13(10)15)16-11-5-7-14(2)8-6-11/h3-4,9,11,15H,5-8H2,1-2H3. The van der Waals surface area contributed by atoms with Gasteiger partial charge in [0.25, 0.3) is 0 Å². The van der Waals surface area contributed by atoms with Gasteiger partial charge in [-0.1, -0.05) is 6.07 Å². The van der Waals surface area contributed by atoms with Gasteiger partial charge >= 0.3 is 0 Å². The maximum Gasteiger partial charge on any atom is 0.123 e. The molecule has 0 aromatic heterocycles. The minimum atomic E-state index is 0.290. The van der Waals surface area contributed by atoms with Gasteiger partial charge in [0.15, 0.2) is 0 Å². The summed E-state index contributed by atoms with van der Waals surface area (Å²) in [6.07, 6.45) is 2.41. The number of benzene rings is 1. The van der Waals surface area contributed by atoms with Crippen molar-refractivity contribution in [1.29, 1.82) is 0 Å². The van der Waals surface area contributed by atoms with Gasteiger partial charge in [0.1, 0.15) is 17.6 Å². The van der Waals surface area contributed by atoms with Crippen LogP contribution in [0.2, 0.25) is 0 Å². The summed E-state index contributed by atoms with van der Waals surface area (Å²) in [5, 5.41) is 9.58. The van der Waals surface area contributed by atoms with Crippen molar-refractivity contribution in [2.45, 2.75) is 25.9 Å². The highest BCUT2D eigenvalue weighted by molar-refractivity contribution is 5.38. The van der Waals surface area contributed by atoms with Gasteiger partial charge < -0.3 is 14.7 Å². The van der Waals surface area contributed by atoms with Crippen molar-refractivity contribution >= 4 is 0 Å². The maximum absolute atomic E-state index is 9.58. The molecule has 0 atom stereocenters. The molecule has 88 valence electrons. The zero-order valence-corrected chi connectivity index (χ0v) is 9.94. The van der Waals surface area contributed by atoms with Gasteiger partial charge in [-0.2, -0.15) is 0 Å². The summed E-state index contributed by atoms with van der Waals surface area (Å²) < 4.78 is 5.85. The molecule has 0 radical (unpaired) electrons. The Labute approximate surface area is 96.6 Å². The second-order valence-corrected chi connectivity index (χ2v) is 4.57. The third-order valence-corrected chi connectivity index (χ3v) is 3.15. The van der Waals surface area contributed by atoms with E-state index in [1.54, 1.807) is 6.07 Å². The largest absolute Gasteiger partial charge is 0.508 e. The molecule has 2 rings (SSSR count). The third kappa shape index (κ3) is 2.67. The van der Waals surface area contributed by atoms with Gasteiger partial charge in [-0.25, -0.2) is 0 Å². The molecule has 1 aliphatic heterocycles. The molecule has 0 saturated carbocycles. The SMILES string of the molecule is Cc1ccc(OC2CCN(C)CC2)cc1O. The number of phenolic OH excluding ortho intramolecular Hbond substituents is 1. The minimum absolute atomic E-state index is 0.290. The summed E-state index contributed by atoms with van der Waals surface area (Å²) in [5.41, 5.74) is 0.885. The fourth-order valence-electron chi connectivity index (χ4n) is 1.96. The predicted molar refractivity (Wildman–Crippen MR) is 64.0 cm³/mol. The van der Waals surface area contributed by atoms with Gasteiger partial charge in [-0.05, 0) is 38.4 Å². The van der Waals surface area contributed by atoms with Crippen molar-refractivity contribution < 1.29 is 9.84 Å². The maximum atomic E-state index is 9.58. The van der Waals surface area contributed by atoms with Crippen LogP contribution in [0.3, 0.4) is 0 Å². The summed E-state index contributed by atoms with van der Waals surface area (Å²) in [6, 6.07) is 5.51. The first-order chi connectivity index (χ1) is 7.65. The fraction of sp³-hybridized carbons (Fsp3) is 0.538. The molecule has 0 spiro atoms. The van der Waals surface area contributed by atoms with E-state index in [4.69, 9.17) is 4.74 Å². The first-order valence-electron chi connectivity index (χ1n) is 5.80. The average Bonchev–Trinajstić information content (AvgIpc) is 2.27. The van der Waals surface area contributed by atoms with Crippen LogP contribution in [0.5, 0.6) is 11.5 Å². The van der Waals surface area contributed by atoms with E-state index >= 15 is 0 Å². The number of ether oxygens (including phenoxy) is 1. The minimum Gasteiger partial charge on any atom is -0.508 e. The van der Waals surface area contributed by atoms with E-state index in [-0.39, 0.29) is 0 Å². The molecule has 1 aliphatic rings. The summed E-state index contributed by atoms with van der Waals surface area (Å²) in [4.78, 5) is 2.31. The van der Waals surface area contributed by atoms with Crippen LogP contribution in [0.1, 0.15) is 18.4 Å². The Bertz CT molecular complexity index is 357. The number of hydrogen-bond acceptors (Lipinski definition) is 3. The molecule has 1 aromatic rings. The highest BCUT2D eigenvalue weighted by atomic mass is 16.5. The molecule has 1 N–H and O–H groups in total. The summed E-state index contributed by atoms with van der Waals surface area (Å²) in [7, 11) is 2.13. The number of phenols is 1. The number of nitrogens with zero attached hydrogens (tertiary/aromatic N) is 1. The van der Waals surface area contributed by atoms with E-state index in [9.17, 15) is 5.11 Å². The molecule has 1 aromatic carbocycles. The lowest BCUT2D eigenvalue weighted by molar-refractivity contribution is 0.114. The molecule has 1 saturated heterocycles. The van der Waals surface area contributed by atoms with Crippen LogP contribution in [0.15, 0.2) is 18.2 Å². The van der Waals surface area contributed by atoms with Crippen LogP contribution in [0.4, 0.5) is 0 Å². The summed E-state index contributed by atoms with van der Waals surface area (Å²) >= 11 is 0. The lowest BCUT2D eigenvalue weighted by Crippen LogP contribution is -2.35. The summed E-state index contributed by atoms with van der Waals surface area (Å²) in [6.45, 7) is 4.06. The topological polar surface area (TPSA) is 32.7 Å². The molecule has 1 fully saturated rings. The van der Waals surface area contributed by atoms with Crippen molar-refractivity contribution in [3.63, 3.8) is 0 Å². The van der Waals surface area contributed by atoms with Gasteiger partial charge in [-0.3, -0.25) is 0 Å². The normalized spacial score (nSPS) is 18.6. The Balaban J connectivity index is 1.96. The van der Waals surface area contributed by atoms with Gasteiger partial charge in [0.2, 0.25) is 0 Å². The third-order valence-electron chi connectivity index (χ3n) is 3.15. The lowest BCUT2D eigenvalue weighted by Gasteiger charge is -2.29. The zero-order valence-electron chi connectivity index (χ0n) is 9.94. The molecule has 0 bridgehead atoms. The van der Waals surface area contributed by atoms with E-state index in [0.29, 0.717) is 11.9 Å². The van der Waals surface area contributed by atoms with Crippen LogP contribution in [0, 0.1) is 6.92 Å². The Hall–Kier alpha value is -1.22. The van der Waals surface area contributed by atoms with E-state index in [1.165, 1.54) is 0 Å². The van der Waals surface area contributed by atoms with Crippen LogP contribution in [-0.2, 0) is 0 Å². The second kappa shape index (κ2) is 4.74. The van der Waals surface area contributed by atoms with Crippen LogP contribution in [0.25, 0.3) is 0 Å². The number of aryl methyl sites for hydroxylation is 1. The molecular formula is C13H19NO2. The number of rotatable bonds is 2. The number of aromatic hydroxyl groups is 1. The van der Waals surface area contributed by atoms with Crippen molar-refractivity contribution in [2.75, 3.05) is 20.1 Å². The predicted octanol–water partition coefficient (Wildman–Crippen LogP) is 2.17. The smallest absolute Gasteiger partial charge is 0.123 e. The van der Waals surface area contributed by atoms with E-state index < -0.39 is 0 Å². The molecule has 16 heavy (non-hydrogen) atoms. The van der Waals surface area contributed by atoms with Crippen molar-refractivity contribution in [1.82, 2.24) is 4.90 Å². The Morgan fingerprint density at radius 3 is 2.62 bits per heavy atom. The monoisotopic (exact) mass is 221 g/mol. The van der Waals surface area contributed by atoms with Gasteiger partial charge in [0.05, 0.1) is 0 Å². The van der Waals surface area contributed by atoms with Gasteiger partial charge in [0, 0.05) is 19.2 Å². The Morgan fingerprint density at radius 2 is 2.00 bits per heavy atom. The second-order valence-electron chi connectivity index (χ2n) is 4.57. The van der Waals surface area contributed by atoms with E-state index in [0.717, 1.165) is 37.2 Å². The molecule has 3 heteroatoms. The first-order valence-corrected chi connectivity index (χ1v) is 5.80. The number of piperidine rings is 1. The van der Waals surface area contributed by atoms with E-state index in [2.05, 4.69) is 11.9 Å². The Morgan fingerprint density at radius 1 is 1.31 bits per heavy atom. The lowest BCUT2D eigenvalue weighted by atomic mass is 10.1. The number of likely N-dealkylation sites (tertiary alicyclic amines) is 1.